The van der Waals surface area contributed by atoms with Gasteiger partial charge in [0.05, 0.1) is 5.69 Å². The first-order chi connectivity index (χ1) is 10.5. The molecule has 2 aromatic rings. The number of carbonyl (C=O) groups is 2. The van der Waals surface area contributed by atoms with Crippen LogP contribution >= 0.6 is 11.8 Å². The summed E-state index contributed by atoms with van der Waals surface area (Å²) in [7, 11) is 0. The van der Waals surface area contributed by atoms with E-state index in [4.69, 9.17) is 0 Å². The molecule has 0 saturated carbocycles. The number of rotatable bonds is 3. The van der Waals surface area contributed by atoms with E-state index in [2.05, 4.69) is 9.97 Å². The van der Waals surface area contributed by atoms with Crippen molar-refractivity contribution in [2.75, 3.05) is 4.90 Å². The Labute approximate surface area is 132 Å². The summed E-state index contributed by atoms with van der Waals surface area (Å²) in [6.07, 6.45) is 0.175. The van der Waals surface area contributed by atoms with Crippen LogP contribution in [0.3, 0.4) is 0 Å². The van der Waals surface area contributed by atoms with Crippen LogP contribution in [-0.4, -0.2) is 27.0 Å². The lowest BCUT2D eigenvalue weighted by Gasteiger charge is -2.14. The molecule has 6 heteroatoms. The van der Waals surface area contributed by atoms with Gasteiger partial charge in [-0.1, -0.05) is 30.0 Å². The van der Waals surface area contributed by atoms with Crippen molar-refractivity contribution >= 4 is 29.3 Å². The van der Waals surface area contributed by atoms with Gasteiger partial charge in [-0.25, -0.2) is 14.9 Å². The summed E-state index contributed by atoms with van der Waals surface area (Å²) >= 11 is 1.26. The quantitative estimate of drug-likeness (QED) is 0.643. The average Bonchev–Trinajstić information content (AvgIpc) is 2.73. The third-order valence-electron chi connectivity index (χ3n) is 3.33. The molecule has 0 aliphatic carbocycles. The van der Waals surface area contributed by atoms with Gasteiger partial charge in [-0.3, -0.25) is 9.59 Å². The van der Waals surface area contributed by atoms with Gasteiger partial charge in [-0.05, 0) is 32.0 Å². The molecule has 22 heavy (non-hydrogen) atoms. The number of benzene rings is 1. The Balaban J connectivity index is 1.82. The summed E-state index contributed by atoms with van der Waals surface area (Å²) in [6.45, 7) is 3.77. The van der Waals surface area contributed by atoms with E-state index in [1.54, 1.807) is 12.1 Å². The monoisotopic (exact) mass is 313 g/mol. The fourth-order valence-electron chi connectivity index (χ4n) is 2.42. The number of aryl methyl sites for hydroxylation is 2. The van der Waals surface area contributed by atoms with Gasteiger partial charge in [0, 0.05) is 17.8 Å². The van der Waals surface area contributed by atoms with Crippen LogP contribution in [-0.2, 0) is 9.59 Å². The molecule has 1 aromatic carbocycles. The number of hydrogen-bond donors (Lipinski definition) is 0. The molecule has 1 aromatic heterocycles. The molecule has 0 unspecified atom stereocenters. The molecular formula is C16H15N3O2S. The van der Waals surface area contributed by atoms with Gasteiger partial charge in [0.1, 0.15) is 5.25 Å². The van der Waals surface area contributed by atoms with Gasteiger partial charge < -0.3 is 0 Å². The second-order valence-electron chi connectivity index (χ2n) is 5.15. The molecule has 5 nitrogen and oxygen atoms in total. The second kappa shape index (κ2) is 5.88. The summed E-state index contributed by atoms with van der Waals surface area (Å²) in [4.78, 5) is 34.6. The van der Waals surface area contributed by atoms with E-state index in [-0.39, 0.29) is 18.2 Å². The SMILES string of the molecule is Cc1cc(C)nc(S[C@H]2CC(=O)N(c3ccccc3)C2=O)n1. The number of para-hydroxylation sites is 1. The van der Waals surface area contributed by atoms with E-state index >= 15 is 0 Å². The number of carbonyl (C=O) groups excluding carboxylic acids is 2. The van der Waals surface area contributed by atoms with Crippen molar-refractivity contribution < 1.29 is 9.59 Å². The molecule has 0 radical (unpaired) electrons. The number of amides is 2. The fraction of sp³-hybridized carbons (Fsp3) is 0.250. The van der Waals surface area contributed by atoms with E-state index in [0.717, 1.165) is 11.4 Å². The first-order valence-corrected chi connectivity index (χ1v) is 7.83. The van der Waals surface area contributed by atoms with Crippen LogP contribution < -0.4 is 4.90 Å². The highest BCUT2D eigenvalue weighted by Gasteiger charge is 2.40. The number of anilines is 1. The number of thioether (sulfide) groups is 1. The van der Waals surface area contributed by atoms with Crippen LogP contribution in [0.2, 0.25) is 0 Å². The Hall–Kier alpha value is -2.21. The number of nitrogens with zero attached hydrogens (tertiary/aromatic N) is 3. The zero-order chi connectivity index (χ0) is 15.7. The van der Waals surface area contributed by atoms with Gasteiger partial charge in [0.25, 0.3) is 0 Å². The summed E-state index contributed by atoms with van der Waals surface area (Å²) in [6, 6.07) is 10.9. The van der Waals surface area contributed by atoms with E-state index in [9.17, 15) is 9.59 Å². The minimum absolute atomic E-state index is 0.175. The lowest BCUT2D eigenvalue weighted by molar-refractivity contribution is -0.121. The molecular weight excluding hydrogens is 298 g/mol. The van der Waals surface area contributed by atoms with E-state index in [1.165, 1.54) is 16.7 Å². The fourth-order valence-corrected chi connectivity index (χ4v) is 3.50. The second-order valence-corrected chi connectivity index (χ2v) is 6.32. The van der Waals surface area contributed by atoms with Crippen molar-refractivity contribution in [3.8, 4) is 0 Å². The van der Waals surface area contributed by atoms with Crippen molar-refractivity contribution in [1.82, 2.24) is 9.97 Å². The Kier molecular flexibility index (Phi) is 3.94. The van der Waals surface area contributed by atoms with Gasteiger partial charge in [-0.15, -0.1) is 0 Å². The molecule has 0 spiro atoms. The molecule has 0 bridgehead atoms. The molecule has 1 aliphatic rings. The van der Waals surface area contributed by atoms with Crippen molar-refractivity contribution in [3.63, 3.8) is 0 Å². The molecule has 1 aliphatic heterocycles. The Morgan fingerprint density at radius 2 is 1.73 bits per heavy atom. The van der Waals surface area contributed by atoms with Crippen molar-refractivity contribution in [3.05, 3.63) is 47.8 Å². The number of aromatic nitrogens is 2. The van der Waals surface area contributed by atoms with Crippen molar-refractivity contribution in [2.45, 2.75) is 30.7 Å². The first kappa shape index (κ1) is 14.7. The van der Waals surface area contributed by atoms with E-state index < -0.39 is 5.25 Å². The maximum Gasteiger partial charge on any atom is 0.247 e. The zero-order valence-corrected chi connectivity index (χ0v) is 13.1. The third kappa shape index (κ3) is 2.87. The maximum absolute atomic E-state index is 12.5. The summed E-state index contributed by atoms with van der Waals surface area (Å²) in [5.41, 5.74) is 2.32. The van der Waals surface area contributed by atoms with Gasteiger partial charge in [0.15, 0.2) is 5.16 Å². The van der Waals surface area contributed by atoms with E-state index in [1.807, 2.05) is 38.1 Å². The van der Waals surface area contributed by atoms with Crippen LogP contribution in [0.15, 0.2) is 41.6 Å². The Morgan fingerprint density at radius 1 is 1.09 bits per heavy atom. The lowest BCUT2D eigenvalue weighted by atomic mass is 10.3. The predicted octanol–water partition coefficient (Wildman–Crippen LogP) is 2.52. The number of imide groups is 1. The van der Waals surface area contributed by atoms with Gasteiger partial charge in [0.2, 0.25) is 11.8 Å². The van der Waals surface area contributed by atoms with Crippen LogP contribution in [0.25, 0.3) is 0 Å². The Bertz CT molecular complexity index is 713. The van der Waals surface area contributed by atoms with Crippen LogP contribution in [0, 0.1) is 13.8 Å². The zero-order valence-electron chi connectivity index (χ0n) is 12.3. The minimum atomic E-state index is -0.464. The normalized spacial score (nSPS) is 18.1. The lowest BCUT2D eigenvalue weighted by Crippen LogP contribution is -2.31. The Morgan fingerprint density at radius 3 is 2.36 bits per heavy atom. The molecule has 3 rings (SSSR count). The molecule has 1 atom stereocenters. The largest absolute Gasteiger partial charge is 0.274 e. The third-order valence-corrected chi connectivity index (χ3v) is 4.38. The van der Waals surface area contributed by atoms with Gasteiger partial charge >= 0.3 is 0 Å². The van der Waals surface area contributed by atoms with Crippen molar-refractivity contribution in [2.24, 2.45) is 0 Å². The molecule has 2 heterocycles. The van der Waals surface area contributed by atoms with Crippen molar-refractivity contribution in [1.29, 1.82) is 0 Å². The highest BCUT2D eigenvalue weighted by atomic mass is 32.2. The molecule has 1 fully saturated rings. The summed E-state index contributed by atoms with van der Waals surface area (Å²) in [5, 5.41) is 0.0764. The standard InChI is InChI=1S/C16H15N3O2S/c1-10-8-11(2)18-16(17-10)22-13-9-14(20)19(15(13)21)12-6-4-3-5-7-12/h3-8,13H,9H2,1-2H3/t13-/m0/s1. The molecule has 2 amide bonds. The van der Waals surface area contributed by atoms with Crippen LogP contribution in [0.5, 0.6) is 0 Å². The molecule has 0 N–H and O–H groups in total. The van der Waals surface area contributed by atoms with Crippen LogP contribution in [0.1, 0.15) is 17.8 Å². The maximum atomic E-state index is 12.5. The number of hydrogen-bond acceptors (Lipinski definition) is 5. The summed E-state index contributed by atoms with van der Waals surface area (Å²) < 4.78 is 0. The topological polar surface area (TPSA) is 63.2 Å². The molecule has 1 saturated heterocycles. The molecule has 112 valence electrons. The van der Waals surface area contributed by atoms with Crippen LogP contribution in [0.4, 0.5) is 5.69 Å². The summed E-state index contributed by atoms with van der Waals surface area (Å²) in [5.74, 6) is -0.387. The smallest absolute Gasteiger partial charge is 0.247 e. The highest BCUT2D eigenvalue weighted by Crippen LogP contribution is 2.32. The highest BCUT2D eigenvalue weighted by molar-refractivity contribution is 8.00. The average molecular weight is 313 g/mol. The van der Waals surface area contributed by atoms with Gasteiger partial charge in [-0.2, -0.15) is 0 Å². The predicted molar refractivity (Wildman–Crippen MR) is 84.7 cm³/mol. The minimum Gasteiger partial charge on any atom is -0.274 e. The first-order valence-electron chi connectivity index (χ1n) is 6.95. The van der Waals surface area contributed by atoms with E-state index in [0.29, 0.717) is 10.8 Å².